The van der Waals surface area contributed by atoms with Gasteiger partial charge in [-0.2, -0.15) is 0 Å². The van der Waals surface area contributed by atoms with Crippen LogP contribution in [0.2, 0.25) is 0 Å². The van der Waals surface area contributed by atoms with Crippen molar-refractivity contribution in [2.75, 3.05) is 11.9 Å². The lowest BCUT2D eigenvalue weighted by Crippen LogP contribution is -2.32. The van der Waals surface area contributed by atoms with Crippen LogP contribution in [0.3, 0.4) is 0 Å². The number of nitrogens with one attached hydrogen (secondary N) is 2. The summed E-state index contributed by atoms with van der Waals surface area (Å²) in [5, 5.41) is 6.76. The van der Waals surface area contributed by atoms with E-state index in [1.165, 1.54) is 31.4 Å². The summed E-state index contributed by atoms with van der Waals surface area (Å²) in [5.41, 5.74) is 0.680. The SMILES string of the molecule is CCCCC(CC)CNC(=S)Nc1cccc(F)c1. The first kappa shape index (κ1) is 15.9. The fraction of sp³-hybridized carbons (Fsp3) is 0.533. The summed E-state index contributed by atoms with van der Waals surface area (Å²) in [4.78, 5) is 0. The minimum absolute atomic E-state index is 0.262. The van der Waals surface area contributed by atoms with E-state index in [-0.39, 0.29) is 5.82 Å². The van der Waals surface area contributed by atoms with E-state index in [1.807, 2.05) is 0 Å². The normalized spacial score (nSPS) is 11.9. The fourth-order valence-electron chi connectivity index (χ4n) is 1.92. The Kier molecular flexibility index (Phi) is 7.41. The number of thiocarbonyl (C=S) groups is 1. The molecule has 1 unspecified atom stereocenters. The van der Waals surface area contributed by atoms with Crippen molar-refractivity contribution >= 4 is 23.0 Å². The quantitative estimate of drug-likeness (QED) is 0.728. The Morgan fingerprint density at radius 3 is 2.79 bits per heavy atom. The number of rotatable bonds is 7. The molecule has 0 saturated carbocycles. The number of unbranched alkanes of at least 4 members (excludes halogenated alkanes) is 1. The Bertz CT molecular complexity index is 395. The monoisotopic (exact) mass is 282 g/mol. The summed E-state index contributed by atoms with van der Waals surface area (Å²) in [6.45, 7) is 5.28. The molecule has 0 bridgehead atoms. The molecule has 1 atom stereocenters. The Hall–Kier alpha value is -1.16. The van der Waals surface area contributed by atoms with E-state index in [0.29, 0.717) is 16.7 Å². The van der Waals surface area contributed by atoms with Gasteiger partial charge in [-0.25, -0.2) is 4.39 Å². The van der Waals surface area contributed by atoms with Crippen LogP contribution in [0.15, 0.2) is 24.3 Å². The van der Waals surface area contributed by atoms with E-state index >= 15 is 0 Å². The lowest BCUT2D eigenvalue weighted by atomic mass is 9.99. The lowest BCUT2D eigenvalue weighted by molar-refractivity contribution is 0.446. The van der Waals surface area contributed by atoms with Crippen LogP contribution in [0.4, 0.5) is 10.1 Å². The van der Waals surface area contributed by atoms with E-state index in [2.05, 4.69) is 24.5 Å². The zero-order valence-electron chi connectivity index (χ0n) is 11.7. The minimum atomic E-state index is -0.262. The molecule has 19 heavy (non-hydrogen) atoms. The molecule has 0 amide bonds. The maximum Gasteiger partial charge on any atom is 0.170 e. The van der Waals surface area contributed by atoms with Gasteiger partial charge in [-0.3, -0.25) is 0 Å². The van der Waals surface area contributed by atoms with Crippen LogP contribution in [-0.2, 0) is 0 Å². The third-order valence-corrected chi connectivity index (χ3v) is 3.42. The summed E-state index contributed by atoms with van der Waals surface area (Å²) >= 11 is 5.21. The van der Waals surface area contributed by atoms with Crippen LogP contribution in [0, 0.1) is 11.7 Å². The molecular formula is C15H23FN2S. The van der Waals surface area contributed by atoms with Gasteiger partial charge >= 0.3 is 0 Å². The molecule has 2 N–H and O–H groups in total. The molecule has 0 aromatic heterocycles. The third kappa shape index (κ3) is 6.53. The molecule has 2 nitrogen and oxygen atoms in total. The Labute approximate surface area is 120 Å². The highest BCUT2D eigenvalue weighted by Gasteiger charge is 2.06. The highest BCUT2D eigenvalue weighted by atomic mass is 32.1. The van der Waals surface area contributed by atoms with Crippen molar-refractivity contribution < 1.29 is 4.39 Å². The topological polar surface area (TPSA) is 24.1 Å². The maximum absolute atomic E-state index is 13.0. The van der Waals surface area contributed by atoms with Gasteiger partial charge in [-0.15, -0.1) is 0 Å². The molecule has 0 saturated heterocycles. The molecule has 0 fully saturated rings. The van der Waals surface area contributed by atoms with Gasteiger partial charge in [0.1, 0.15) is 5.82 Å². The molecule has 106 valence electrons. The zero-order chi connectivity index (χ0) is 14.1. The highest BCUT2D eigenvalue weighted by molar-refractivity contribution is 7.80. The zero-order valence-corrected chi connectivity index (χ0v) is 12.5. The molecule has 4 heteroatoms. The third-order valence-electron chi connectivity index (χ3n) is 3.18. The number of hydrogen-bond donors (Lipinski definition) is 2. The highest BCUT2D eigenvalue weighted by Crippen LogP contribution is 2.12. The second-order valence-corrected chi connectivity index (χ2v) is 5.17. The van der Waals surface area contributed by atoms with E-state index < -0.39 is 0 Å². The van der Waals surface area contributed by atoms with Crippen molar-refractivity contribution in [2.24, 2.45) is 5.92 Å². The molecule has 0 spiro atoms. The van der Waals surface area contributed by atoms with Crippen molar-refractivity contribution in [3.63, 3.8) is 0 Å². The number of anilines is 1. The Morgan fingerprint density at radius 2 is 2.16 bits per heavy atom. The molecule has 0 aliphatic carbocycles. The molecule has 1 aromatic carbocycles. The molecule has 0 aliphatic heterocycles. The summed E-state index contributed by atoms with van der Waals surface area (Å²) < 4.78 is 13.0. The summed E-state index contributed by atoms with van der Waals surface area (Å²) in [7, 11) is 0. The first-order chi connectivity index (χ1) is 9.15. The number of hydrogen-bond acceptors (Lipinski definition) is 1. The van der Waals surface area contributed by atoms with Gasteiger partial charge in [0.15, 0.2) is 5.11 Å². The largest absolute Gasteiger partial charge is 0.362 e. The standard InChI is InChI=1S/C15H23FN2S/c1-3-5-7-12(4-2)11-17-15(19)18-14-9-6-8-13(16)10-14/h6,8-10,12H,3-5,7,11H2,1-2H3,(H2,17,18,19). The van der Waals surface area contributed by atoms with Gasteiger partial charge in [0.05, 0.1) is 0 Å². The number of benzene rings is 1. The maximum atomic E-state index is 13.0. The van der Waals surface area contributed by atoms with Crippen LogP contribution in [0.25, 0.3) is 0 Å². The van der Waals surface area contributed by atoms with Gasteiger partial charge < -0.3 is 10.6 Å². The van der Waals surface area contributed by atoms with E-state index in [0.717, 1.165) is 13.0 Å². The van der Waals surface area contributed by atoms with Crippen LogP contribution in [0.5, 0.6) is 0 Å². The smallest absolute Gasteiger partial charge is 0.170 e. The van der Waals surface area contributed by atoms with E-state index in [9.17, 15) is 4.39 Å². The minimum Gasteiger partial charge on any atom is -0.362 e. The van der Waals surface area contributed by atoms with E-state index in [1.54, 1.807) is 12.1 Å². The van der Waals surface area contributed by atoms with Gasteiger partial charge in [-0.1, -0.05) is 39.2 Å². The van der Waals surface area contributed by atoms with Gasteiger partial charge in [0.2, 0.25) is 0 Å². The molecule has 1 aromatic rings. The summed E-state index contributed by atoms with van der Waals surface area (Å²) in [5.74, 6) is 0.384. The van der Waals surface area contributed by atoms with Crippen molar-refractivity contribution in [2.45, 2.75) is 39.5 Å². The molecule has 1 rings (SSSR count). The van der Waals surface area contributed by atoms with Gasteiger partial charge in [0, 0.05) is 12.2 Å². The van der Waals surface area contributed by atoms with Crippen molar-refractivity contribution in [3.8, 4) is 0 Å². The van der Waals surface area contributed by atoms with Crippen molar-refractivity contribution in [1.82, 2.24) is 5.32 Å². The van der Waals surface area contributed by atoms with Gasteiger partial charge in [0.25, 0.3) is 0 Å². The summed E-state index contributed by atoms with van der Waals surface area (Å²) in [6.07, 6.45) is 4.85. The predicted octanol–water partition coefficient (Wildman–Crippen LogP) is 4.33. The first-order valence-electron chi connectivity index (χ1n) is 6.96. The van der Waals surface area contributed by atoms with Crippen LogP contribution >= 0.6 is 12.2 Å². The molecule has 0 aliphatic rings. The van der Waals surface area contributed by atoms with Crippen LogP contribution in [0.1, 0.15) is 39.5 Å². The predicted molar refractivity (Wildman–Crippen MR) is 83.9 cm³/mol. The van der Waals surface area contributed by atoms with Gasteiger partial charge in [-0.05, 0) is 42.8 Å². The Balaban J connectivity index is 2.34. The van der Waals surface area contributed by atoms with Crippen molar-refractivity contribution in [1.29, 1.82) is 0 Å². The fourth-order valence-corrected chi connectivity index (χ4v) is 2.12. The molecule has 0 radical (unpaired) electrons. The van der Waals surface area contributed by atoms with E-state index in [4.69, 9.17) is 12.2 Å². The summed E-state index contributed by atoms with van der Waals surface area (Å²) in [6, 6.07) is 6.31. The second-order valence-electron chi connectivity index (χ2n) is 4.76. The molecular weight excluding hydrogens is 259 g/mol. The Morgan fingerprint density at radius 1 is 1.37 bits per heavy atom. The van der Waals surface area contributed by atoms with Crippen molar-refractivity contribution in [3.05, 3.63) is 30.1 Å². The lowest BCUT2D eigenvalue weighted by Gasteiger charge is -2.17. The molecule has 0 heterocycles. The van der Waals surface area contributed by atoms with Crippen LogP contribution in [-0.4, -0.2) is 11.7 Å². The average Bonchev–Trinajstić information content (AvgIpc) is 2.39. The second kappa shape index (κ2) is 8.86. The van der Waals surface area contributed by atoms with Crippen LogP contribution < -0.4 is 10.6 Å². The number of halogens is 1. The first-order valence-corrected chi connectivity index (χ1v) is 7.37. The average molecular weight is 282 g/mol.